The highest BCUT2D eigenvalue weighted by Gasteiger charge is 2.26. The van der Waals surface area contributed by atoms with Crippen molar-refractivity contribution in [2.75, 3.05) is 38.2 Å². The van der Waals surface area contributed by atoms with Crippen LogP contribution in [0.2, 0.25) is 0 Å². The smallest absolute Gasteiger partial charge is 0.119 e. The first-order valence-corrected chi connectivity index (χ1v) is 10.6. The van der Waals surface area contributed by atoms with Crippen LogP contribution in [0.3, 0.4) is 0 Å². The Morgan fingerprint density at radius 3 is 2.81 bits per heavy atom. The predicted octanol–water partition coefficient (Wildman–Crippen LogP) is 4.60. The predicted molar refractivity (Wildman–Crippen MR) is 114 cm³/mol. The quantitative estimate of drug-likeness (QED) is 0.839. The first kappa shape index (κ1) is 18.4. The molecule has 3 heteroatoms. The summed E-state index contributed by atoms with van der Waals surface area (Å²) in [5.41, 5.74) is 8.94. The van der Waals surface area contributed by atoms with Crippen LogP contribution in [0.5, 0.6) is 5.75 Å². The van der Waals surface area contributed by atoms with Crippen LogP contribution in [0.1, 0.15) is 42.9 Å². The van der Waals surface area contributed by atoms with E-state index in [9.17, 15) is 0 Å². The maximum atomic E-state index is 5.55. The van der Waals surface area contributed by atoms with Gasteiger partial charge in [-0.1, -0.05) is 31.5 Å². The molecule has 0 atom stereocenters. The maximum absolute atomic E-state index is 5.55. The van der Waals surface area contributed by atoms with Gasteiger partial charge >= 0.3 is 0 Å². The van der Waals surface area contributed by atoms with Gasteiger partial charge in [-0.3, -0.25) is 0 Å². The summed E-state index contributed by atoms with van der Waals surface area (Å²) in [6.45, 7) is 6.79. The Bertz CT molecular complexity index is 799. The molecule has 0 bridgehead atoms. The van der Waals surface area contributed by atoms with E-state index in [1.54, 1.807) is 23.8 Å². The van der Waals surface area contributed by atoms with Gasteiger partial charge in [0, 0.05) is 24.3 Å². The lowest BCUT2D eigenvalue weighted by molar-refractivity contribution is 0.415. The number of nitrogens with one attached hydrogen (secondary N) is 1. The normalized spacial score (nSPS) is 16.4. The van der Waals surface area contributed by atoms with E-state index in [0.717, 1.165) is 38.2 Å². The SMILES string of the molecule is CCCCN1CCCc2cc3c(c(-c4cccc(OC)c4)c21)CCNCC3. The summed E-state index contributed by atoms with van der Waals surface area (Å²) in [5, 5.41) is 3.59. The molecule has 4 rings (SSSR count). The van der Waals surface area contributed by atoms with Crippen molar-refractivity contribution in [1.29, 1.82) is 0 Å². The second kappa shape index (κ2) is 8.35. The van der Waals surface area contributed by atoms with Crippen molar-refractivity contribution < 1.29 is 4.74 Å². The lowest BCUT2D eigenvalue weighted by Gasteiger charge is -2.35. The zero-order valence-electron chi connectivity index (χ0n) is 16.8. The molecule has 0 spiro atoms. The van der Waals surface area contributed by atoms with E-state index in [1.807, 2.05) is 6.07 Å². The number of anilines is 1. The maximum Gasteiger partial charge on any atom is 0.119 e. The highest BCUT2D eigenvalue weighted by Crippen LogP contribution is 2.43. The van der Waals surface area contributed by atoms with Crippen molar-refractivity contribution in [2.45, 2.75) is 45.4 Å². The summed E-state index contributed by atoms with van der Waals surface area (Å²) in [4.78, 5) is 2.66. The molecule has 0 aromatic heterocycles. The molecule has 2 heterocycles. The van der Waals surface area contributed by atoms with Gasteiger partial charge in [0.1, 0.15) is 5.75 Å². The number of benzene rings is 2. The van der Waals surface area contributed by atoms with Gasteiger partial charge in [-0.25, -0.2) is 0 Å². The summed E-state index contributed by atoms with van der Waals surface area (Å²) in [6.07, 6.45) is 7.22. The van der Waals surface area contributed by atoms with Crippen LogP contribution in [-0.2, 0) is 19.3 Å². The molecule has 0 saturated heterocycles. The van der Waals surface area contributed by atoms with E-state index in [2.05, 4.69) is 41.4 Å². The first-order valence-electron chi connectivity index (χ1n) is 10.6. The van der Waals surface area contributed by atoms with Crippen molar-refractivity contribution >= 4 is 5.69 Å². The zero-order valence-corrected chi connectivity index (χ0v) is 16.8. The fourth-order valence-electron chi connectivity index (χ4n) is 4.69. The molecule has 2 aromatic rings. The van der Waals surface area contributed by atoms with E-state index >= 15 is 0 Å². The Hall–Kier alpha value is -2.00. The summed E-state index contributed by atoms with van der Waals surface area (Å²) < 4.78 is 5.55. The first-order chi connectivity index (χ1) is 13.3. The van der Waals surface area contributed by atoms with E-state index in [4.69, 9.17) is 4.74 Å². The van der Waals surface area contributed by atoms with Crippen LogP contribution < -0.4 is 15.0 Å². The summed E-state index contributed by atoms with van der Waals surface area (Å²) in [6, 6.07) is 11.2. The summed E-state index contributed by atoms with van der Waals surface area (Å²) >= 11 is 0. The topological polar surface area (TPSA) is 24.5 Å². The third kappa shape index (κ3) is 3.70. The molecule has 2 aromatic carbocycles. The number of aryl methyl sites for hydroxylation is 1. The van der Waals surface area contributed by atoms with Gasteiger partial charge in [0.2, 0.25) is 0 Å². The molecule has 1 N–H and O–H groups in total. The summed E-state index contributed by atoms with van der Waals surface area (Å²) in [5.74, 6) is 0.946. The zero-order chi connectivity index (χ0) is 18.6. The van der Waals surface area contributed by atoms with Crippen molar-refractivity contribution in [3.8, 4) is 16.9 Å². The average molecular weight is 365 g/mol. The summed E-state index contributed by atoms with van der Waals surface area (Å²) in [7, 11) is 1.76. The van der Waals surface area contributed by atoms with Crippen LogP contribution >= 0.6 is 0 Å². The molecule has 27 heavy (non-hydrogen) atoms. The van der Waals surface area contributed by atoms with Crippen LogP contribution in [0.25, 0.3) is 11.1 Å². The number of nitrogens with zero attached hydrogens (tertiary/aromatic N) is 1. The second-order valence-electron chi connectivity index (χ2n) is 7.82. The molecular weight excluding hydrogens is 332 g/mol. The molecule has 0 radical (unpaired) electrons. The van der Waals surface area contributed by atoms with E-state index in [0.29, 0.717) is 0 Å². The lowest BCUT2D eigenvalue weighted by atomic mass is 9.85. The number of hydrogen-bond donors (Lipinski definition) is 1. The molecule has 0 unspecified atom stereocenters. The van der Waals surface area contributed by atoms with Crippen molar-refractivity contribution in [3.63, 3.8) is 0 Å². The minimum absolute atomic E-state index is 0.946. The van der Waals surface area contributed by atoms with E-state index in [1.165, 1.54) is 49.0 Å². The largest absolute Gasteiger partial charge is 0.497 e. The molecule has 144 valence electrons. The fourth-order valence-corrected chi connectivity index (χ4v) is 4.69. The number of rotatable bonds is 5. The molecule has 2 aliphatic rings. The Kier molecular flexibility index (Phi) is 5.68. The van der Waals surface area contributed by atoms with Gasteiger partial charge in [-0.15, -0.1) is 0 Å². The third-order valence-electron chi connectivity index (χ3n) is 6.03. The minimum Gasteiger partial charge on any atom is -0.497 e. The van der Waals surface area contributed by atoms with Crippen LogP contribution in [0.15, 0.2) is 30.3 Å². The van der Waals surface area contributed by atoms with Crippen molar-refractivity contribution in [2.24, 2.45) is 0 Å². The standard InChI is InChI=1S/C24H32N2O/c1-3-4-14-26-15-6-8-20-16-18-10-12-25-13-11-22(18)23(24(20)26)19-7-5-9-21(17-19)27-2/h5,7,9,16-17,25H,3-4,6,8,10-15H2,1-2H3. The molecular formula is C24H32N2O. The monoisotopic (exact) mass is 364 g/mol. The van der Waals surface area contributed by atoms with Gasteiger partial charge in [0.05, 0.1) is 7.11 Å². The molecule has 0 saturated carbocycles. The number of methoxy groups -OCH3 is 1. The van der Waals surface area contributed by atoms with E-state index < -0.39 is 0 Å². The minimum atomic E-state index is 0.946. The molecule has 0 aliphatic carbocycles. The molecule has 0 amide bonds. The van der Waals surface area contributed by atoms with Gasteiger partial charge in [0.25, 0.3) is 0 Å². The van der Waals surface area contributed by atoms with E-state index in [-0.39, 0.29) is 0 Å². The number of hydrogen-bond acceptors (Lipinski definition) is 3. The Morgan fingerprint density at radius 2 is 1.96 bits per heavy atom. The highest BCUT2D eigenvalue weighted by atomic mass is 16.5. The second-order valence-corrected chi connectivity index (χ2v) is 7.82. The number of ether oxygens (including phenoxy) is 1. The van der Waals surface area contributed by atoms with Crippen LogP contribution in [0.4, 0.5) is 5.69 Å². The third-order valence-corrected chi connectivity index (χ3v) is 6.03. The molecule has 2 aliphatic heterocycles. The molecule has 0 fully saturated rings. The Morgan fingerprint density at radius 1 is 1.07 bits per heavy atom. The van der Waals surface area contributed by atoms with Crippen LogP contribution in [0, 0.1) is 0 Å². The highest BCUT2D eigenvalue weighted by molar-refractivity contribution is 5.86. The van der Waals surface area contributed by atoms with Crippen LogP contribution in [-0.4, -0.2) is 33.3 Å². The Balaban J connectivity index is 1.92. The van der Waals surface area contributed by atoms with Gasteiger partial charge < -0.3 is 15.0 Å². The van der Waals surface area contributed by atoms with Crippen molar-refractivity contribution in [1.82, 2.24) is 5.32 Å². The van der Waals surface area contributed by atoms with Gasteiger partial charge in [0.15, 0.2) is 0 Å². The molecule has 3 nitrogen and oxygen atoms in total. The number of unbranched alkanes of at least 4 members (excludes halogenated alkanes) is 1. The van der Waals surface area contributed by atoms with Crippen molar-refractivity contribution in [3.05, 3.63) is 47.0 Å². The lowest BCUT2D eigenvalue weighted by Crippen LogP contribution is -2.31. The number of fused-ring (bicyclic) bond motifs is 2. The fraction of sp³-hybridized carbons (Fsp3) is 0.500. The van der Waals surface area contributed by atoms with Gasteiger partial charge in [-0.2, -0.15) is 0 Å². The average Bonchev–Trinajstić information content (AvgIpc) is 2.95. The van der Waals surface area contributed by atoms with Gasteiger partial charge in [-0.05, 0) is 79.6 Å². The Labute approximate surface area is 163 Å².